The normalized spacial score (nSPS) is 9.38. The highest BCUT2D eigenvalue weighted by Crippen LogP contribution is 2.27. The average molecular weight is 181 g/mol. The molecule has 0 spiro atoms. The maximum Gasteiger partial charge on any atom is 0.161 e. The molecule has 0 atom stereocenters. The van der Waals surface area contributed by atoms with E-state index in [2.05, 4.69) is 0 Å². The zero-order chi connectivity index (χ0) is 9.84. The van der Waals surface area contributed by atoms with Gasteiger partial charge in [0.05, 0.1) is 20.2 Å². The molecule has 13 heavy (non-hydrogen) atoms. The highest BCUT2D eigenvalue weighted by atomic mass is 16.5. The van der Waals surface area contributed by atoms with Gasteiger partial charge in [0.1, 0.15) is 0 Å². The second kappa shape index (κ2) is 3.80. The van der Waals surface area contributed by atoms with Crippen molar-refractivity contribution < 1.29 is 19.4 Å². The van der Waals surface area contributed by atoms with Crippen LogP contribution in [0.3, 0.4) is 0 Å². The van der Waals surface area contributed by atoms with Crippen LogP contribution in [0.25, 0.3) is 0 Å². The molecule has 0 heterocycles. The summed E-state index contributed by atoms with van der Waals surface area (Å²) in [7, 11) is 2.92. The third kappa shape index (κ3) is 1.90. The van der Waals surface area contributed by atoms with Gasteiger partial charge in [-0.2, -0.15) is 0 Å². The molecule has 0 aromatic heterocycles. The highest BCUT2D eigenvalue weighted by Gasteiger charge is 2.04. The number of carboxylic acids is 1. The summed E-state index contributed by atoms with van der Waals surface area (Å²) in [5, 5.41) is 10.5. The van der Waals surface area contributed by atoms with Crippen LogP contribution in [0.1, 0.15) is 10.4 Å². The number of carbonyl (C=O) groups is 1. The van der Waals surface area contributed by atoms with Crippen molar-refractivity contribution in [2.24, 2.45) is 0 Å². The molecule has 1 aromatic carbocycles. The lowest BCUT2D eigenvalue weighted by Crippen LogP contribution is -2.22. The van der Waals surface area contributed by atoms with Gasteiger partial charge in [0, 0.05) is 5.56 Å². The Kier molecular flexibility index (Phi) is 2.74. The SMILES string of the molecule is COc1ccc(C(=O)[O-])cc1OC. The van der Waals surface area contributed by atoms with Crippen molar-refractivity contribution in [3.8, 4) is 11.5 Å². The Morgan fingerprint density at radius 2 is 1.85 bits per heavy atom. The van der Waals surface area contributed by atoms with E-state index in [0.717, 1.165) is 0 Å². The Hall–Kier alpha value is -1.71. The molecule has 0 aliphatic rings. The molecule has 4 heteroatoms. The molecule has 0 unspecified atom stereocenters. The smallest absolute Gasteiger partial charge is 0.161 e. The molecule has 1 aromatic rings. The first-order valence-electron chi connectivity index (χ1n) is 3.62. The summed E-state index contributed by atoms with van der Waals surface area (Å²) in [5.74, 6) is -0.363. The number of methoxy groups -OCH3 is 2. The van der Waals surface area contributed by atoms with E-state index in [1.807, 2.05) is 0 Å². The van der Waals surface area contributed by atoms with Gasteiger partial charge < -0.3 is 19.4 Å². The first-order valence-corrected chi connectivity index (χ1v) is 3.62. The molecule has 0 radical (unpaired) electrons. The molecule has 70 valence electrons. The van der Waals surface area contributed by atoms with Gasteiger partial charge in [0.15, 0.2) is 11.5 Å². The van der Waals surface area contributed by atoms with E-state index in [0.29, 0.717) is 11.5 Å². The molecule has 0 saturated heterocycles. The standard InChI is InChI=1S/C9H10O4/c1-12-7-4-3-6(9(10)11)5-8(7)13-2/h3-5H,1-2H3,(H,10,11)/p-1. The molecule has 0 aliphatic heterocycles. The lowest BCUT2D eigenvalue weighted by atomic mass is 10.2. The molecule has 0 amide bonds. The number of hydrogen-bond acceptors (Lipinski definition) is 4. The van der Waals surface area contributed by atoms with E-state index in [9.17, 15) is 9.90 Å². The maximum absolute atomic E-state index is 10.5. The lowest BCUT2D eigenvalue weighted by molar-refractivity contribution is -0.255. The van der Waals surface area contributed by atoms with Crippen LogP contribution in [-0.2, 0) is 0 Å². The van der Waals surface area contributed by atoms with Crippen LogP contribution in [0.4, 0.5) is 0 Å². The van der Waals surface area contributed by atoms with E-state index in [1.165, 1.54) is 32.4 Å². The molecular formula is C9H9O4-. The molecule has 1 rings (SSSR count). The van der Waals surface area contributed by atoms with E-state index in [1.54, 1.807) is 0 Å². The van der Waals surface area contributed by atoms with Gasteiger partial charge in [-0.1, -0.05) is 0 Å². The van der Waals surface area contributed by atoms with Gasteiger partial charge in [-0.3, -0.25) is 0 Å². The van der Waals surface area contributed by atoms with E-state index < -0.39 is 5.97 Å². The predicted molar refractivity (Wildman–Crippen MR) is 43.9 cm³/mol. The van der Waals surface area contributed by atoms with Crippen molar-refractivity contribution in [2.75, 3.05) is 14.2 Å². The minimum absolute atomic E-state index is 0.0673. The highest BCUT2D eigenvalue weighted by molar-refractivity contribution is 5.86. The number of ether oxygens (including phenoxy) is 2. The molecular weight excluding hydrogens is 172 g/mol. The average Bonchev–Trinajstić information content (AvgIpc) is 2.16. The van der Waals surface area contributed by atoms with Crippen LogP contribution in [-0.4, -0.2) is 20.2 Å². The van der Waals surface area contributed by atoms with Crippen molar-refractivity contribution in [3.05, 3.63) is 23.8 Å². The van der Waals surface area contributed by atoms with Crippen LogP contribution in [0.15, 0.2) is 18.2 Å². The summed E-state index contributed by atoms with van der Waals surface area (Å²) in [5.41, 5.74) is 0.0673. The molecule has 4 nitrogen and oxygen atoms in total. The van der Waals surface area contributed by atoms with Crippen molar-refractivity contribution >= 4 is 5.97 Å². The molecule has 0 aliphatic carbocycles. The monoisotopic (exact) mass is 181 g/mol. The van der Waals surface area contributed by atoms with E-state index in [-0.39, 0.29) is 5.56 Å². The number of hydrogen-bond donors (Lipinski definition) is 0. The first kappa shape index (κ1) is 9.38. The van der Waals surface area contributed by atoms with Crippen molar-refractivity contribution in [1.82, 2.24) is 0 Å². The quantitative estimate of drug-likeness (QED) is 0.662. The minimum Gasteiger partial charge on any atom is -0.545 e. The number of benzene rings is 1. The van der Waals surface area contributed by atoms with E-state index in [4.69, 9.17) is 9.47 Å². The van der Waals surface area contributed by atoms with Gasteiger partial charge in [-0.25, -0.2) is 0 Å². The van der Waals surface area contributed by atoms with Crippen LogP contribution < -0.4 is 14.6 Å². The van der Waals surface area contributed by atoms with Crippen molar-refractivity contribution in [2.45, 2.75) is 0 Å². The predicted octanol–water partition coefficient (Wildman–Crippen LogP) is 0.0673. The second-order valence-corrected chi connectivity index (χ2v) is 2.36. The molecule has 0 saturated carbocycles. The Morgan fingerprint density at radius 3 is 2.31 bits per heavy atom. The Morgan fingerprint density at radius 1 is 1.23 bits per heavy atom. The summed E-state index contributed by atoms with van der Waals surface area (Å²) < 4.78 is 9.84. The number of carbonyl (C=O) groups excluding carboxylic acids is 1. The summed E-state index contributed by atoms with van der Waals surface area (Å²) in [6.07, 6.45) is 0. The fourth-order valence-corrected chi connectivity index (χ4v) is 0.963. The van der Waals surface area contributed by atoms with Gasteiger partial charge in [0.25, 0.3) is 0 Å². The van der Waals surface area contributed by atoms with Crippen molar-refractivity contribution in [1.29, 1.82) is 0 Å². The molecule has 0 bridgehead atoms. The van der Waals surface area contributed by atoms with Gasteiger partial charge >= 0.3 is 0 Å². The van der Waals surface area contributed by atoms with Gasteiger partial charge in [-0.05, 0) is 18.2 Å². The minimum atomic E-state index is -1.24. The third-order valence-electron chi connectivity index (χ3n) is 1.62. The van der Waals surface area contributed by atoms with Crippen LogP contribution in [0, 0.1) is 0 Å². The number of carboxylic acid groups (broad SMARTS) is 1. The molecule has 0 N–H and O–H groups in total. The van der Waals surface area contributed by atoms with Crippen LogP contribution >= 0.6 is 0 Å². The van der Waals surface area contributed by atoms with Gasteiger partial charge in [0.2, 0.25) is 0 Å². The van der Waals surface area contributed by atoms with E-state index >= 15 is 0 Å². The fraction of sp³-hybridized carbons (Fsp3) is 0.222. The Balaban J connectivity index is 3.13. The largest absolute Gasteiger partial charge is 0.545 e. The number of rotatable bonds is 3. The summed E-state index contributed by atoms with van der Waals surface area (Å²) in [4.78, 5) is 10.5. The lowest BCUT2D eigenvalue weighted by Gasteiger charge is -2.09. The molecule has 0 fully saturated rings. The van der Waals surface area contributed by atoms with Gasteiger partial charge in [-0.15, -0.1) is 0 Å². The zero-order valence-electron chi connectivity index (χ0n) is 7.37. The summed E-state index contributed by atoms with van der Waals surface area (Å²) >= 11 is 0. The van der Waals surface area contributed by atoms with Crippen LogP contribution in [0.2, 0.25) is 0 Å². The number of aromatic carboxylic acids is 1. The summed E-state index contributed by atoms with van der Waals surface area (Å²) in [6, 6.07) is 4.27. The first-order chi connectivity index (χ1) is 6.19. The maximum atomic E-state index is 10.5. The van der Waals surface area contributed by atoms with Crippen LogP contribution in [0.5, 0.6) is 11.5 Å². The zero-order valence-corrected chi connectivity index (χ0v) is 7.37. The Labute approximate surface area is 75.7 Å². The topological polar surface area (TPSA) is 58.6 Å². The summed E-state index contributed by atoms with van der Waals surface area (Å²) in [6.45, 7) is 0. The third-order valence-corrected chi connectivity index (χ3v) is 1.62. The fourth-order valence-electron chi connectivity index (χ4n) is 0.963. The second-order valence-electron chi connectivity index (χ2n) is 2.36. The Bertz CT molecular complexity index is 319. The van der Waals surface area contributed by atoms with Crippen molar-refractivity contribution in [3.63, 3.8) is 0 Å².